The Morgan fingerprint density at radius 3 is 2.85 bits per heavy atom. The summed E-state index contributed by atoms with van der Waals surface area (Å²) in [5, 5.41) is 4.49. The molecule has 4 nitrogen and oxygen atoms in total. The molecule has 2 atom stereocenters. The lowest BCUT2D eigenvalue weighted by Crippen LogP contribution is -2.06. The number of hydrogen-bond donors (Lipinski definition) is 1. The van der Waals surface area contributed by atoms with E-state index in [0.717, 1.165) is 22.6 Å². The van der Waals surface area contributed by atoms with Crippen LogP contribution >= 0.6 is 0 Å². The number of nitrogen functional groups attached to an aromatic ring is 1. The summed E-state index contributed by atoms with van der Waals surface area (Å²) in [5.41, 5.74) is 8.26. The maximum Gasteiger partial charge on any atom is 0.0753 e. The van der Waals surface area contributed by atoms with Crippen LogP contribution < -0.4 is 5.73 Å². The third-order valence-corrected chi connectivity index (χ3v) is 4.93. The molecule has 0 fully saturated rings. The number of hydrogen-bond acceptors (Lipinski definition) is 3. The predicted molar refractivity (Wildman–Crippen MR) is 82.9 cm³/mol. The SMILES string of the molecule is CCC(C)n1ccc(CS(=O)c2cc(N)ccc2C)n1. The van der Waals surface area contributed by atoms with E-state index in [2.05, 4.69) is 18.9 Å². The Bertz CT molecular complexity index is 621. The van der Waals surface area contributed by atoms with E-state index < -0.39 is 10.8 Å². The molecule has 1 aromatic carbocycles. The second kappa shape index (κ2) is 6.22. The second-order valence-electron chi connectivity index (χ2n) is 5.06. The molecule has 0 saturated carbocycles. The molecule has 0 spiro atoms. The van der Waals surface area contributed by atoms with Crippen LogP contribution in [0.2, 0.25) is 0 Å². The normalized spacial score (nSPS) is 14.2. The summed E-state index contributed by atoms with van der Waals surface area (Å²) < 4.78 is 14.4. The van der Waals surface area contributed by atoms with Crippen molar-refractivity contribution in [3.05, 3.63) is 41.7 Å². The minimum absolute atomic E-state index is 0.367. The van der Waals surface area contributed by atoms with Gasteiger partial charge in [0, 0.05) is 22.8 Å². The monoisotopic (exact) mass is 291 g/mol. The van der Waals surface area contributed by atoms with Crippen molar-refractivity contribution in [2.75, 3.05) is 5.73 Å². The summed E-state index contributed by atoms with van der Waals surface area (Å²) in [7, 11) is -1.11. The smallest absolute Gasteiger partial charge is 0.0753 e. The van der Waals surface area contributed by atoms with Crippen LogP contribution in [-0.2, 0) is 16.6 Å². The third-order valence-electron chi connectivity index (χ3n) is 3.44. The number of nitrogens with two attached hydrogens (primary N) is 1. The van der Waals surface area contributed by atoms with Gasteiger partial charge in [0.2, 0.25) is 0 Å². The van der Waals surface area contributed by atoms with Crippen LogP contribution in [0.15, 0.2) is 35.4 Å². The number of nitrogens with zero attached hydrogens (tertiary/aromatic N) is 2. The first-order chi connectivity index (χ1) is 9.51. The van der Waals surface area contributed by atoms with Crippen molar-refractivity contribution in [2.24, 2.45) is 0 Å². The summed E-state index contributed by atoms with van der Waals surface area (Å²) in [4.78, 5) is 0.795. The molecular weight excluding hydrogens is 270 g/mol. The Balaban J connectivity index is 2.15. The molecule has 2 aromatic rings. The van der Waals surface area contributed by atoms with Gasteiger partial charge in [0.15, 0.2) is 0 Å². The Hall–Kier alpha value is -1.62. The van der Waals surface area contributed by atoms with Gasteiger partial charge in [-0.2, -0.15) is 5.10 Å². The van der Waals surface area contributed by atoms with Gasteiger partial charge in [-0.3, -0.25) is 8.89 Å². The van der Waals surface area contributed by atoms with Crippen molar-refractivity contribution >= 4 is 16.5 Å². The van der Waals surface area contributed by atoms with Crippen molar-refractivity contribution in [2.45, 2.75) is 43.9 Å². The van der Waals surface area contributed by atoms with Gasteiger partial charge in [0.05, 0.1) is 22.2 Å². The lowest BCUT2D eigenvalue weighted by molar-refractivity contribution is 0.475. The highest BCUT2D eigenvalue weighted by Crippen LogP contribution is 2.19. The predicted octanol–water partition coefficient (Wildman–Crippen LogP) is 3.05. The molecule has 0 radical (unpaired) electrons. The van der Waals surface area contributed by atoms with Gasteiger partial charge in [-0.1, -0.05) is 13.0 Å². The fourth-order valence-corrected chi connectivity index (χ4v) is 3.23. The number of rotatable bonds is 5. The molecule has 2 unspecified atom stereocenters. The van der Waals surface area contributed by atoms with Crippen molar-refractivity contribution < 1.29 is 4.21 Å². The lowest BCUT2D eigenvalue weighted by Gasteiger charge is -2.08. The standard InChI is InChI=1S/C15H21N3OS/c1-4-12(3)18-8-7-14(17-18)10-20(19)15-9-13(16)6-5-11(15)2/h5-9,12H,4,10,16H2,1-3H3. The van der Waals surface area contributed by atoms with Gasteiger partial charge >= 0.3 is 0 Å². The average molecular weight is 291 g/mol. The molecule has 0 aliphatic carbocycles. The molecule has 0 amide bonds. The Morgan fingerprint density at radius 1 is 1.40 bits per heavy atom. The average Bonchev–Trinajstić information content (AvgIpc) is 2.89. The first kappa shape index (κ1) is 14.8. The summed E-state index contributed by atoms with van der Waals surface area (Å²) in [6.07, 6.45) is 2.98. The van der Waals surface area contributed by atoms with E-state index in [4.69, 9.17) is 5.73 Å². The first-order valence-corrected chi connectivity index (χ1v) is 8.11. The molecule has 5 heteroatoms. The maximum absolute atomic E-state index is 12.4. The fraction of sp³-hybridized carbons (Fsp3) is 0.400. The van der Waals surface area contributed by atoms with Gasteiger partial charge in [0.25, 0.3) is 0 Å². The van der Waals surface area contributed by atoms with Crippen LogP contribution in [-0.4, -0.2) is 14.0 Å². The number of aromatic nitrogens is 2. The van der Waals surface area contributed by atoms with Crippen LogP contribution in [0.4, 0.5) is 5.69 Å². The van der Waals surface area contributed by atoms with Crippen LogP contribution in [0.25, 0.3) is 0 Å². The largest absolute Gasteiger partial charge is 0.399 e. The maximum atomic E-state index is 12.4. The van der Waals surface area contributed by atoms with Crippen molar-refractivity contribution in [1.29, 1.82) is 0 Å². The van der Waals surface area contributed by atoms with E-state index in [9.17, 15) is 4.21 Å². The highest BCUT2D eigenvalue weighted by atomic mass is 32.2. The molecule has 0 aliphatic rings. The molecule has 0 aliphatic heterocycles. The van der Waals surface area contributed by atoms with Gasteiger partial charge < -0.3 is 5.73 Å². The molecule has 108 valence electrons. The molecule has 0 saturated heterocycles. The van der Waals surface area contributed by atoms with Gasteiger partial charge in [-0.25, -0.2) is 0 Å². The number of benzene rings is 1. The van der Waals surface area contributed by atoms with E-state index >= 15 is 0 Å². The molecule has 1 aromatic heterocycles. The zero-order valence-corrected chi connectivity index (χ0v) is 13.0. The highest BCUT2D eigenvalue weighted by Gasteiger charge is 2.12. The molecule has 0 bridgehead atoms. The lowest BCUT2D eigenvalue weighted by atomic mass is 10.2. The molecule has 2 rings (SSSR count). The Labute approximate surface area is 122 Å². The molecule has 2 N–H and O–H groups in total. The Kier molecular flexibility index (Phi) is 4.60. The summed E-state index contributed by atoms with van der Waals surface area (Å²) in [6, 6.07) is 7.82. The van der Waals surface area contributed by atoms with Crippen molar-refractivity contribution in [1.82, 2.24) is 9.78 Å². The molecule has 1 heterocycles. The minimum Gasteiger partial charge on any atom is -0.399 e. The topological polar surface area (TPSA) is 60.9 Å². The van der Waals surface area contributed by atoms with Crippen LogP contribution in [0.1, 0.15) is 37.6 Å². The fourth-order valence-electron chi connectivity index (χ4n) is 1.96. The molecule has 20 heavy (non-hydrogen) atoms. The number of anilines is 1. The molecular formula is C15H21N3OS. The second-order valence-corrected chi connectivity index (χ2v) is 6.48. The summed E-state index contributed by atoms with van der Waals surface area (Å²) in [5.74, 6) is 0.424. The van der Waals surface area contributed by atoms with Gasteiger partial charge in [-0.15, -0.1) is 0 Å². The summed E-state index contributed by atoms with van der Waals surface area (Å²) >= 11 is 0. The van der Waals surface area contributed by atoms with Crippen LogP contribution in [0.5, 0.6) is 0 Å². The van der Waals surface area contributed by atoms with E-state index in [1.807, 2.05) is 36.0 Å². The first-order valence-electron chi connectivity index (χ1n) is 6.79. The van der Waals surface area contributed by atoms with Gasteiger partial charge in [0.1, 0.15) is 0 Å². The van der Waals surface area contributed by atoms with Crippen LogP contribution in [0, 0.1) is 6.92 Å². The highest BCUT2D eigenvalue weighted by molar-refractivity contribution is 7.84. The summed E-state index contributed by atoms with van der Waals surface area (Å²) in [6.45, 7) is 6.19. The Morgan fingerprint density at radius 2 is 2.15 bits per heavy atom. The number of aryl methyl sites for hydroxylation is 1. The zero-order valence-electron chi connectivity index (χ0n) is 12.2. The van der Waals surface area contributed by atoms with Crippen LogP contribution in [0.3, 0.4) is 0 Å². The van der Waals surface area contributed by atoms with E-state index in [1.165, 1.54) is 0 Å². The van der Waals surface area contributed by atoms with Crippen molar-refractivity contribution in [3.63, 3.8) is 0 Å². The minimum atomic E-state index is -1.11. The quantitative estimate of drug-likeness (QED) is 0.861. The van der Waals surface area contributed by atoms with E-state index in [-0.39, 0.29) is 0 Å². The zero-order chi connectivity index (χ0) is 14.7. The third kappa shape index (κ3) is 3.28. The van der Waals surface area contributed by atoms with Gasteiger partial charge in [-0.05, 0) is 44.0 Å². The van der Waals surface area contributed by atoms with E-state index in [1.54, 1.807) is 6.07 Å². The van der Waals surface area contributed by atoms with Crippen molar-refractivity contribution in [3.8, 4) is 0 Å². The van der Waals surface area contributed by atoms with E-state index in [0.29, 0.717) is 17.5 Å².